The first-order valence-corrected chi connectivity index (χ1v) is 10.9. The molecule has 3 aromatic carbocycles. The second kappa shape index (κ2) is 8.26. The number of nitrogens with one attached hydrogen (secondary N) is 2. The Morgan fingerprint density at radius 1 is 0.970 bits per heavy atom. The normalized spacial score (nSPS) is 21.3. The number of carboxylic acid groups (broad SMARTS) is 1. The largest absolute Gasteiger partial charge is 0.508 e. The lowest BCUT2D eigenvalue weighted by Crippen LogP contribution is -2.63. The number of benzene rings is 3. The SMILES string of the molecule is O=C(N[C@]1(C(=O)O)NCCC1c1ccc(O)cc1)OCC1c2ccccc2-c2ccccc21. The fourth-order valence-corrected chi connectivity index (χ4v) is 5.08. The zero-order valence-electron chi connectivity index (χ0n) is 17.8. The van der Waals surface area contributed by atoms with Crippen LogP contribution in [0.5, 0.6) is 5.75 Å². The lowest BCUT2D eigenvalue weighted by Gasteiger charge is -2.32. The molecular weight excluding hydrogens is 420 g/mol. The summed E-state index contributed by atoms with van der Waals surface area (Å²) >= 11 is 0. The predicted octanol–water partition coefficient (Wildman–Crippen LogP) is 3.79. The number of phenols is 1. The summed E-state index contributed by atoms with van der Waals surface area (Å²) in [5.41, 5.74) is 3.42. The van der Waals surface area contributed by atoms with Gasteiger partial charge in [0.25, 0.3) is 0 Å². The van der Waals surface area contributed by atoms with Crippen LogP contribution in [0.3, 0.4) is 0 Å². The van der Waals surface area contributed by atoms with Crippen molar-refractivity contribution in [3.63, 3.8) is 0 Å². The van der Waals surface area contributed by atoms with E-state index in [1.54, 1.807) is 12.1 Å². The first-order chi connectivity index (χ1) is 16.0. The molecule has 1 fully saturated rings. The average molecular weight is 444 g/mol. The molecule has 0 bridgehead atoms. The van der Waals surface area contributed by atoms with Gasteiger partial charge in [0.05, 0.1) is 0 Å². The van der Waals surface area contributed by atoms with Gasteiger partial charge in [0.2, 0.25) is 5.66 Å². The molecule has 2 aliphatic rings. The van der Waals surface area contributed by atoms with Crippen molar-refractivity contribution in [1.29, 1.82) is 0 Å². The number of phenolic OH excluding ortho intramolecular Hbond substituents is 1. The Morgan fingerprint density at radius 2 is 1.58 bits per heavy atom. The van der Waals surface area contributed by atoms with Crippen molar-refractivity contribution in [2.45, 2.75) is 23.9 Å². The third-order valence-corrected chi connectivity index (χ3v) is 6.64. The maximum absolute atomic E-state index is 12.8. The number of carboxylic acids is 1. The van der Waals surface area contributed by atoms with Gasteiger partial charge in [-0.05, 0) is 52.9 Å². The summed E-state index contributed by atoms with van der Waals surface area (Å²) in [4.78, 5) is 25.2. The Hall–Kier alpha value is -3.84. The first kappa shape index (κ1) is 21.0. The quantitative estimate of drug-likeness (QED) is 0.477. The molecule has 1 amide bonds. The Balaban J connectivity index is 1.35. The summed E-state index contributed by atoms with van der Waals surface area (Å²) < 4.78 is 5.59. The maximum atomic E-state index is 12.8. The van der Waals surface area contributed by atoms with E-state index < -0.39 is 23.6 Å². The molecule has 7 heteroatoms. The van der Waals surface area contributed by atoms with E-state index >= 15 is 0 Å². The number of fused-ring (bicyclic) bond motifs is 3. The van der Waals surface area contributed by atoms with Crippen molar-refractivity contribution in [2.24, 2.45) is 0 Å². The Bertz CT molecular complexity index is 1160. The lowest BCUT2D eigenvalue weighted by molar-refractivity contribution is -0.146. The Morgan fingerprint density at radius 3 is 2.18 bits per heavy atom. The van der Waals surface area contributed by atoms with Gasteiger partial charge in [0.15, 0.2) is 0 Å². The molecular formula is C26H24N2O5. The molecule has 0 saturated carbocycles. The van der Waals surface area contributed by atoms with Crippen LogP contribution in [0.4, 0.5) is 4.79 Å². The van der Waals surface area contributed by atoms with Crippen LogP contribution >= 0.6 is 0 Å². The smallest absolute Gasteiger partial charge is 0.409 e. The van der Waals surface area contributed by atoms with Crippen LogP contribution in [-0.2, 0) is 9.53 Å². The second-order valence-electron chi connectivity index (χ2n) is 8.42. The van der Waals surface area contributed by atoms with Crippen LogP contribution in [0.1, 0.15) is 34.9 Å². The van der Waals surface area contributed by atoms with Crippen LogP contribution in [0.2, 0.25) is 0 Å². The molecule has 168 valence electrons. The number of aromatic hydroxyl groups is 1. The molecule has 1 unspecified atom stereocenters. The monoisotopic (exact) mass is 444 g/mol. The van der Waals surface area contributed by atoms with Crippen molar-refractivity contribution in [2.75, 3.05) is 13.2 Å². The maximum Gasteiger partial charge on any atom is 0.409 e. The highest BCUT2D eigenvalue weighted by Crippen LogP contribution is 2.44. The average Bonchev–Trinajstić information content (AvgIpc) is 3.38. The molecule has 3 aromatic rings. The van der Waals surface area contributed by atoms with E-state index in [4.69, 9.17) is 4.74 Å². The molecule has 1 aliphatic carbocycles. The van der Waals surface area contributed by atoms with Gasteiger partial charge < -0.3 is 14.9 Å². The summed E-state index contributed by atoms with van der Waals surface area (Å²) in [5, 5.41) is 25.2. The first-order valence-electron chi connectivity index (χ1n) is 10.9. The molecule has 0 aromatic heterocycles. The van der Waals surface area contributed by atoms with E-state index in [9.17, 15) is 19.8 Å². The van der Waals surface area contributed by atoms with Crippen LogP contribution in [0, 0.1) is 0 Å². The van der Waals surface area contributed by atoms with Crippen molar-refractivity contribution in [3.8, 4) is 16.9 Å². The lowest BCUT2D eigenvalue weighted by atomic mass is 9.86. The molecule has 1 heterocycles. The highest BCUT2D eigenvalue weighted by molar-refractivity contribution is 5.86. The molecule has 2 atom stereocenters. The van der Waals surface area contributed by atoms with Crippen LogP contribution < -0.4 is 10.6 Å². The molecule has 1 aliphatic heterocycles. The summed E-state index contributed by atoms with van der Waals surface area (Å²) in [6.07, 6.45) is -0.279. The number of aliphatic carboxylic acids is 1. The van der Waals surface area contributed by atoms with Gasteiger partial charge in [-0.2, -0.15) is 0 Å². The molecule has 1 saturated heterocycles. The van der Waals surface area contributed by atoms with Gasteiger partial charge in [0.1, 0.15) is 12.4 Å². The molecule has 5 rings (SSSR count). The summed E-state index contributed by atoms with van der Waals surface area (Å²) in [6.45, 7) is 0.515. The van der Waals surface area contributed by atoms with Crippen molar-refractivity contribution in [1.82, 2.24) is 10.6 Å². The van der Waals surface area contributed by atoms with Crippen molar-refractivity contribution >= 4 is 12.1 Å². The number of carbonyl (C=O) groups excluding carboxylic acids is 1. The third-order valence-electron chi connectivity index (χ3n) is 6.64. The number of amides is 1. The fraction of sp³-hybridized carbons (Fsp3) is 0.231. The van der Waals surface area contributed by atoms with Gasteiger partial charge in [-0.3, -0.25) is 10.6 Å². The second-order valence-corrected chi connectivity index (χ2v) is 8.42. The molecule has 0 spiro atoms. The predicted molar refractivity (Wildman–Crippen MR) is 122 cm³/mol. The molecule has 33 heavy (non-hydrogen) atoms. The van der Waals surface area contributed by atoms with Gasteiger partial charge in [-0.25, -0.2) is 9.59 Å². The van der Waals surface area contributed by atoms with Crippen LogP contribution in [0.25, 0.3) is 11.1 Å². The van der Waals surface area contributed by atoms with Gasteiger partial charge in [-0.15, -0.1) is 0 Å². The fourth-order valence-electron chi connectivity index (χ4n) is 5.08. The molecule has 7 nitrogen and oxygen atoms in total. The zero-order valence-corrected chi connectivity index (χ0v) is 17.8. The van der Waals surface area contributed by atoms with Gasteiger partial charge in [0, 0.05) is 11.8 Å². The minimum atomic E-state index is -1.69. The highest BCUT2D eigenvalue weighted by Gasteiger charge is 2.51. The number of hydrogen-bond donors (Lipinski definition) is 4. The van der Waals surface area contributed by atoms with E-state index in [1.807, 2.05) is 36.4 Å². The van der Waals surface area contributed by atoms with E-state index in [0.717, 1.165) is 22.3 Å². The number of alkyl carbamates (subject to hydrolysis) is 1. The number of carbonyl (C=O) groups is 2. The van der Waals surface area contributed by atoms with Crippen LogP contribution in [0.15, 0.2) is 72.8 Å². The third kappa shape index (κ3) is 3.60. The Kier molecular flexibility index (Phi) is 5.26. The number of hydrogen-bond acceptors (Lipinski definition) is 5. The molecule has 0 radical (unpaired) electrons. The van der Waals surface area contributed by atoms with E-state index in [0.29, 0.717) is 18.5 Å². The summed E-state index contributed by atoms with van der Waals surface area (Å²) in [7, 11) is 0. The van der Waals surface area contributed by atoms with Gasteiger partial charge in [-0.1, -0.05) is 60.7 Å². The highest BCUT2D eigenvalue weighted by atomic mass is 16.5. The van der Waals surface area contributed by atoms with Crippen LogP contribution in [-0.4, -0.2) is 41.1 Å². The molecule has 4 N–H and O–H groups in total. The minimum absolute atomic E-state index is 0.0927. The summed E-state index contributed by atoms with van der Waals surface area (Å²) in [6, 6.07) is 22.4. The topological polar surface area (TPSA) is 108 Å². The Labute approximate surface area is 191 Å². The minimum Gasteiger partial charge on any atom is -0.508 e. The van der Waals surface area contributed by atoms with E-state index in [1.165, 1.54) is 12.1 Å². The van der Waals surface area contributed by atoms with Crippen molar-refractivity contribution in [3.05, 3.63) is 89.5 Å². The van der Waals surface area contributed by atoms with E-state index in [2.05, 4.69) is 22.8 Å². The van der Waals surface area contributed by atoms with Gasteiger partial charge >= 0.3 is 12.1 Å². The van der Waals surface area contributed by atoms with Crippen molar-refractivity contribution < 1.29 is 24.5 Å². The summed E-state index contributed by atoms with van der Waals surface area (Å²) in [5.74, 6) is -1.73. The van der Waals surface area contributed by atoms with E-state index in [-0.39, 0.29) is 18.3 Å². The number of ether oxygens (including phenoxy) is 1. The standard InChI is InChI=1S/C26H24N2O5/c29-17-11-9-16(10-12-17)23-13-14-27-26(23,24(30)31)28-25(32)33-15-22-20-7-3-1-5-18(20)19-6-2-4-8-21(19)22/h1-12,22-23,27,29H,13-15H2,(H,28,32)(H,30,31)/t23?,26-/m1/s1. The zero-order chi connectivity index (χ0) is 23.0. The number of rotatable bonds is 5.